The Labute approximate surface area is 178 Å². The van der Waals surface area contributed by atoms with E-state index in [0.717, 1.165) is 16.0 Å². The highest BCUT2D eigenvalue weighted by molar-refractivity contribution is 7.91. The predicted octanol–water partition coefficient (Wildman–Crippen LogP) is 4.19. The van der Waals surface area contributed by atoms with Gasteiger partial charge in [-0.2, -0.15) is 0 Å². The standard InChI is InChI=1S/C20H19ClN2O4S2/c1-13-6-8-28-19(13)11-23(16-7-9-29(25,26)12-16)20(24)17-10-18(27-22-17)14-2-4-15(21)5-3-14/h2-6,8,10,16H,7,9,11-12H2,1H3. The summed E-state index contributed by atoms with van der Waals surface area (Å²) in [7, 11) is -3.13. The zero-order valence-corrected chi connectivity index (χ0v) is 18.1. The van der Waals surface area contributed by atoms with E-state index in [1.807, 2.05) is 18.4 Å². The van der Waals surface area contributed by atoms with Crippen LogP contribution in [0.2, 0.25) is 5.02 Å². The largest absolute Gasteiger partial charge is 0.355 e. The van der Waals surface area contributed by atoms with Crippen LogP contribution in [0.25, 0.3) is 11.3 Å². The number of hydrogen-bond donors (Lipinski definition) is 0. The van der Waals surface area contributed by atoms with Gasteiger partial charge in [-0.15, -0.1) is 11.3 Å². The highest BCUT2D eigenvalue weighted by Gasteiger charge is 2.36. The Balaban J connectivity index is 1.62. The first-order chi connectivity index (χ1) is 13.8. The molecular weight excluding hydrogens is 432 g/mol. The highest BCUT2D eigenvalue weighted by Crippen LogP contribution is 2.27. The molecule has 3 aromatic rings. The average molecular weight is 451 g/mol. The molecule has 2 aromatic heterocycles. The molecule has 1 aromatic carbocycles. The second-order valence-electron chi connectivity index (χ2n) is 7.10. The molecule has 1 saturated heterocycles. The number of thiophene rings is 1. The second kappa shape index (κ2) is 7.93. The summed E-state index contributed by atoms with van der Waals surface area (Å²) in [6.45, 7) is 2.33. The van der Waals surface area contributed by atoms with Crippen molar-refractivity contribution in [3.05, 3.63) is 62.9 Å². The highest BCUT2D eigenvalue weighted by atomic mass is 35.5. The Bertz CT molecular complexity index is 1140. The predicted molar refractivity (Wildman–Crippen MR) is 113 cm³/mol. The lowest BCUT2D eigenvalue weighted by atomic mass is 10.1. The normalized spacial score (nSPS) is 18.1. The SMILES string of the molecule is Cc1ccsc1CN(C(=O)c1cc(-c2ccc(Cl)cc2)on1)C1CCS(=O)(=O)C1. The van der Waals surface area contributed by atoms with Crippen molar-refractivity contribution < 1.29 is 17.7 Å². The first-order valence-corrected chi connectivity index (χ1v) is 12.2. The van der Waals surface area contributed by atoms with Gasteiger partial charge in [0, 0.05) is 27.6 Å². The molecule has 1 aliphatic heterocycles. The van der Waals surface area contributed by atoms with Crippen LogP contribution in [-0.2, 0) is 16.4 Å². The van der Waals surface area contributed by atoms with E-state index >= 15 is 0 Å². The van der Waals surface area contributed by atoms with Crippen molar-refractivity contribution in [2.45, 2.75) is 25.9 Å². The molecule has 1 atom stereocenters. The summed E-state index contributed by atoms with van der Waals surface area (Å²) in [6.07, 6.45) is 0.431. The van der Waals surface area contributed by atoms with E-state index in [0.29, 0.717) is 23.7 Å². The van der Waals surface area contributed by atoms with E-state index in [1.54, 1.807) is 46.6 Å². The van der Waals surface area contributed by atoms with Gasteiger partial charge in [0.1, 0.15) is 0 Å². The fourth-order valence-electron chi connectivity index (χ4n) is 3.38. The maximum Gasteiger partial charge on any atom is 0.276 e. The summed E-state index contributed by atoms with van der Waals surface area (Å²) in [5.74, 6) is 0.199. The lowest BCUT2D eigenvalue weighted by Crippen LogP contribution is -2.40. The number of aromatic nitrogens is 1. The summed E-state index contributed by atoms with van der Waals surface area (Å²) < 4.78 is 29.4. The third-order valence-electron chi connectivity index (χ3n) is 5.05. The number of hydrogen-bond acceptors (Lipinski definition) is 6. The quantitative estimate of drug-likeness (QED) is 0.582. The van der Waals surface area contributed by atoms with Crippen molar-refractivity contribution in [1.82, 2.24) is 10.1 Å². The molecule has 0 N–H and O–H groups in total. The number of halogens is 1. The third-order valence-corrected chi connectivity index (χ3v) is 8.06. The number of sulfone groups is 1. The fraction of sp³-hybridized carbons (Fsp3) is 0.300. The molecule has 4 rings (SSSR count). The smallest absolute Gasteiger partial charge is 0.276 e. The van der Waals surface area contributed by atoms with Crippen LogP contribution >= 0.6 is 22.9 Å². The second-order valence-corrected chi connectivity index (χ2v) is 10.8. The van der Waals surface area contributed by atoms with Crippen molar-refractivity contribution in [2.24, 2.45) is 0 Å². The van der Waals surface area contributed by atoms with Crippen molar-refractivity contribution in [1.29, 1.82) is 0 Å². The van der Waals surface area contributed by atoms with Crippen molar-refractivity contribution in [2.75, 3.05) is 11.5 Å². The third kappa shape index (κ3) is 4.39. The molecule has 1 aliphatic rings. The molecule has 1 fully saturated rings. The van der Waals surface area contributed by atoms with Crippen LogP contribution in [0.3, 0.4) is 0 Å². The van der Waals surface area contributed by atoms with Gasteiger partial charge in [0.25, 0.3) is 5.91 Å². The van der Waals surface area contributed by atoms with Crippen LogP contribution in [-0.4, -0.2) is 41.9 Å². The number of carbonyl (C=O) groups is 1. The van der Waals surface area contributed by atoms with Crippen LogP contribution < -0.4 is 0 Å². The maximum absolute atomic E-state index is 13.3. The molecule has 29 heavy (non-hydrogen) atoms. The zero-order chi connectivity index (χ0) is 20.6. The van der Waals surface area contributed by atoms with E-state index < -0.39 is 9.84 Å². The van der Waals surface area contributed by atoms with Crippen molar-refractivity contribution in [3.63, 3.8) is 0 Å². The van der Waals surface area contributed by atoms with Crippen molar-refractivity contribution in [3.8, 4) is 11.3 Å². The van der Waals surface area contributed by atoms with E-state index in [2.05, 4.69) is 5.16 Å². The lowest BCUT2D eigenvalue weighted by Gasteiger charge is -2.27. The summed E-state index contributed by atoms with van der Waals surface area (Å²) in [4.78, 5) is 15.9. The first-order valence-electron chi connectivity index (χ1n) is 9.09. The molecule has 3 heterocycles. The van der Waals surface area contributed by atoms with Gasteiger partial charge in [-0.1, -0.05) is 16.8 Å². The number of aryl methyl sites for hydroxylation is 1. The monoisotopic (exact) mass is 450 g/mol. The summed E-state index contributed by atoms with van der Waals surface area (Å²) >= 11 is 7.47. The van der Waals surface area contributed by atoms with Gasteiger partial charge in [-0.25, -0.2) is 8.42 Å². The van der Waals surface area contributed by atoms with Gasteiger partial charge in [-0.05, 0) is 54.6 Å². The molecule has 1 amide bonds. The molecule has 9 heteroatoms. The van der Waals surface area contributed by atoms with Gasteiger partial charge in [0.05, 0.1) is 18.1 Å². The Morgan fingerprint density at radius 2 is 2.07 bits per heavy atom. The Morgan fingerprint density at radius 3 is 2.69 bits per heavy atom. The van der Waals surface area contributed by atoms with E-state index in [4.69, 9.17) is 16.1 Å². The Hall–Kier alpha value is -2.16. The summed E-state index contributed by atoms with van der Waals surface area (Å²) in [6, 6.07) is 10.2. The molecular formula is C20H19ClN2O4S2. The Kier molecular flexibility index (Phi) is 5.50. The van der Waals surface area contributed by atoms with E-state index in [1.165, 1.54) is 0 Å². The molecule has 0 aliphatic carbocycles. The molecule has 0 bridgehead atoms. The van der Waals surface area contributed by atoms with Gasteiger partial charge in [0.15, 0.2) is 21.3 Å². The zero-order valence-electron chi connectivity index (χ0n) is 15.7. The number of amides is 1. The number of nitrogens with zero attached hydrogens (tertiary/aromatic N) is 2. The number of rotatable bonds is 5. The maximum atomic E-state index is 13.3. The van der Waals surface area contributed by atoms with Gasteiger partial charge in [-0.3, -0.25) is 4.79 Å². The number of benzene rings is 1. The Morgan fingerprint density at radius 1 is 1.31 bits per heavy atom. The van der Waals surface area contributed by atoms with E-state index in [-0.39, 0.29) is 29.1 Å². The van der Waals surface area contributed by atoms with Crippen LogP contribution in [0.5, 0.6) is 0 Å². The molecule has 0 saturated carbocycles. The average Bonchev–Trinajstić information content (AvgIpc) is 3.40. The molecule has 152 valence electrons. The van der Waals surface area contributed by atoms with Gasteiger partial charge < -0.3 is 9.42 Å². The molecule has 1 unspecified atom stereocenters. The van der Waals surface area contributed by atoms with Crippen molar-refractivity contribution >= 4 is 38.7 Å². The lowest BCUT2D eigenvalue weighted by molar-refractivity contribution is 0.0672. The molecule has 0 radical (unpaired) electrons. The number of carbonyl (C=O) groups excluding carboxylic acids is 1. The summed E-state index contributed by atoms with van der Waals surface area (Å²) in [5.41, 5.74) is 1.99. The minimum Gasteiger partial charge on any atom is -0.355 e. The fourth-order valence-corrected chi connectivity index (χ4v) is 6.14. The van der Waals surface area contributed by atoms with Gasteiger partial charge in [0.2, 0.25) is 0 Å². The topological polar surface area (TPSA) is 80.5 Å². The van der Waals surface area contributed by atoms with E-state index in [9.17, 15) is 13.2 Å². The van der Waals surface area contributed by atoms with Crippen LogP contribution in [0.15, 0.2) is 46.3 Å². The van der Waals surface area contributed by atoms with Crippen LogP contribution in [0, 0.1) is 6.92 Å². The first kappa shape index (κ1) is 20.1. The van der Waals surface area contributed by atoms with Crippen LogP contribution in [0.4, 0.5) is 0 Å². The molecule has 0 spiro atoms. The van der Waals surface area contributed by atoms with Crippen LogP contribution in [0.1, 0.15) is 27.3 Å². The summed E-state index contributed by atoms with van der Waals surface area (Å²) in [5, 5.41) is 6.52. The van der Waals surface area contributed by atoms with Gasteiger partial charge >= 0.3 is 0 Å². The minimum absolute atomic E-state index is 0.0228. The molecule has 6 nitrogen and oxygen atoms in total. The minimum atomic E-state index is -3.13.